The average molecular weight is 266 g/mol. The van der Waals surface area contributed by atoms with Crippen molar-refractivity contribution in [3.05, 3.63) is 34.9 Å². The largest absolute Gasteiger partial charge is 0.356 e. The molecule has 1 aliphatic rings. The Bertz CT molecular complexity index is 399. The van der Waals surface area contributed by atoms with E-state index < -0.39 is 0 Å². The fourth-order valence-electron chi connectivity index (χ4n) is 2.53. The van der Waals surface area contributed by atoms with E-state index in [-0.39, 0.29) is 11.8 Å². The molecule has 0 radical (unpaired) electrons. The van der Waals surface area contributed by atoms with Gasteiger partial charge in [0.25, 0.3) is 0 Å². The van der Waals surface area contributed by atoms with Gasteiger partial charge in [-0.15, -0.1) is 0 Å². The van der Waals surface area contributed by atoms with Crippen molar-refractivity contribution in [2.24, 2.45) is 5.92 Å². The highest BCUT2D eigenvalue weighted by Gasteiger charge is 2.20. The second-order valence-electron chi connectivity index (χ2n) is 5.01. The number of halogens is 1. The molecule has 0 spiro atoms. The van der Waals surface area contributed by atoms with Crippen LogP contribution in [0.3, 0.4) is 0 Å². The van der Waals surface area contributed by atoms with Crippen molar-refractivity contribution in [1.29, 1.82) is 0 Å². The Labute approximate surface area is 114 Å². The Morgan fingerprint density at radius 1 is 1.28 bits per heavy atom. The van der Waals surface area contributed by atoms with Crippen LogP contribution < -0.4 is 5.32 Å². The van der Waals surface area contributed by atoms with Crippen LogP contribution in [0.15, 0.2) is 24.3 Å². The molecule has 1 aliphatic carbocycles. The van der Waals surface area contributed by atoms with E-state index in [1.807, 2.05) is 24.3 Å². The molecule has 0 saturated heterocycles. The molecule has 0 aliphatic heterocycles. The second kappa shape index (κ2) is 6.79. The summed E-state index contributed by atoms with van der Waals surface area (Å²) in [5.41, 5.74) is 1.17. The zero-order chi connectivity index (χ0) is 12.8. The number of carbonyl (C=O) groups is 1. The maximum Gasteiger partial charge on any atom is 0.223 e. The number of hydrogen-bond donors (Lipinski definition) is 1. The van der Waals surface area contributed by atoms with Gasteiger partial charge in [0, 0.05) is 17.5 Å². The molecule has 1 aromatic rings. The van der Waals surface area contributed by atoms with E-state index in [1.165, 1.54) is 24.8 Å². The van der Waals surface area contributed by atoms with Gasteiger partial charge in [0.2, 0.25) is 5.91 Å². The van der Waals surface area contributed by atoms with Crippen molar-refractivity contribution in [1.82, 2.24) is 5.32 Å². The monoisotopic (exact) mass is 265 g/mol. The van der Waals surface area contributed by atoms with Crippen molar-refractivity contribution < 1.29 is 4.79 Å². The number of nitrogens with one attached hydrogen (secondary N) is 1. The first-order valence-electron chi connectivity index (χ1n) is 6.78. The van der Waals surface area contributed by atoms with Crippen molar-refractivity contribution >= 4 is 17.5 Å². The standard InChI is InChI=1S/C15H20ClNO/c16-14-8-4-5-12(11-14)9-10-17-15(18)13-6-2-1-3-7-13/h4-5,8,11,13H,1-3,6-7,9-10H2,(H,17,18). The predicted molar refractivity (Wildman–Crippen MR) is 74.7 cm³/mol. The summed E-state index contributed by atoms with van der Waals surface area (Å²) in [6.45, 7) is 0.704. The van der Waals surface area contributed by atoms with Gasteiger partial charge in [0.15, 0.2) is 0 Å². The van der Waals surface area contributed by atoms with Crippen molar-refractivity contribution in [3.8, 4) is 0 Å². The zero-order valence-corrected chi connectivity index (χ0v) is 11.4. The average Bonchev–Trinajstić information content (AvgIpc) is 2.40. The molecule has 0 unspecified atom stereocenters. The van der Waals surface area contributed by atoms with Crippen LogP contribution in [-0.4, -0.2) is 12.5 Å². The van der Waals surface area contributed by atoms with Gasteiger partial charge < -0.3 is 5.32 Å². The summed E-state index contributed by atoms with van der Waals surface area (Å²) in [4.78, 5) is 11.9. The topological polar surface area (TPSA) is 29.1 Å². The van der Waals surface area contributed by atoms with Crippen molar-refractivity contribution in [2.75, 3.05) is 6.54 Å². The molecule has 3 heteroatoms. The molecule has 98 valence electrons. The van der Waals surface area contributed by atoms with Gasteiger partial charge in [-0.25, -0.2) is 0 Å². The summed E-state index contributed by atoms with van der Waals surface area (Å²) < 4.78 is 0. The molecule has 1 amide bonds. The van der Waals surface area contributed by atoms with Crippen molar-refractivity contribution in [2.45, 2.75) is 38.5 Å². The Morgan fingerprint density at radius 2 is 2.06 bits per heavy atom. The number of carbonyl (C=O) groups excluding carboxylic acids is 1. The minimum Gasteiger partial charge on any atom is -0.356 e. The van der Waals surface area contributed by atoms with Crippen LogP contribution in [0.5, 0.6) is 0 Å². The van der Waals surface area contributed by atoms with Crippen LogP contribution >= 0.6 is 11.6 Å². The van der Waals surface area contributed by atoms with Crippen LogP contribution in [0.2, 0.25) is 5.02 Å². The van der Waals surface area contributed by atoms with E-state index in [9.17, 15) is 4.79 Å². The molecular weight excluding hydrogens is 246 g/mol. The summed E-state index contributed by atoms with van der Waals surface area (Å²) in [6.07, 6.45) is 6.65. The first kappa shape index (κ1) is 13.4. The molecule has 0 heterocycles. The minimum absolute atomic E-state index is 0.233. The summed E-state index contributed by atoms with van der Waals surface area (Å²) in [5.74, 6) is 0.481. The normalized spacial score (nSPS) is 16.5. The molecule has 1 fully saturated rings. The van der Waals surface area contributed by atoms with Gasteiger partial charge in [0.05, 0.1) is 0 Å². The quantitative estimate of drug-likeness (QED) is 0.886. The molecule has 0 bridgehead atoms. The molecule has 0 aromatic heterocycles. The summed E-state index contributed by atoms with van der Waals surface area (Å²) in [6, 6.07) is 7.80. The van der Waals surface area contributed by atoms with Crippen molar-refractivity contribution in [3.63, 3.8) is 0 Å². The second-order valence-corrected chi connectivity index (χ2v) is 5.44. The third-order valence-corrected chi connectivity index (χ3v) is 3.81. The smallest absolute Gasteiger partial charge is 0.223 e. The Balaban J connectivity index is 1.73. The molecule has 0 atom stereocenters. The maximum atomic E-state index is 11.9. The van der Waals surface area contributed by atoms with Gasteiger partial charge in [-0.1, -0.05) is 43.0 Å². The molecular formula is C15H20ClNO. The molecule has 2 rings (SSSR count). The third-order valence-electron chi connectivity index (χ3n) is 3.58. The lowest BCUT2D eigenvalue weighted by Gasteiger charge is -2.20. The first-order valence-corrected chi connectivity index (χ1v) is 7.15. The highest BCUT2D eigenvalue weighted by atomic mass is 35.5. The van der Waals surface area contributed by atoms with E-state index in [2.05, 4.69) is 5.32 Å². The van der Waals surface area contributed by atoms with Gasteiger partial charge in [-0.05, 0) is 37.0 Å². The summed E-state index contributed by atoms with van der Waals surface area (Å²) in [7, 11) is 0. The zero-order valence-electron chi connectivity index (χ0n) is 10.6. The summed E-state index contributed by atoms with van der Waals surface area (Å²) >= 11 is 5.92. The van der Waals surface area contributed by atoms with Gasteiger partial charge >= 0.3 is 0 Å². The van der Waals surface area contributed by atoms with E-state index in [1.54, 1.807) is 0 Å². The minimum atomic E-state index is 0.233. The van der Waals surface area contributed by atoms with E-state index in [4.69, 9.17) is 11.6 Å². The van der Waals surface area contributed by atoms with Crippen LogP contribution in [0.1, 0.15) is 37.7 Å². The fourth-order valence-corrected chi connectivity index (χ4v) is 2.74. The van der Waals surface area contributed by atoms with Crippen LogP contribution in [-0.2, 0) is 11.2 Å². The van der Waals surface area contributed by atoms with Crippen LogP contribution in [0.25, 0.3) is 0 Å². The third kappa shape index (κ3) is 4.02. The van der Waals surface area contributed by atoms with E-state index in [0.717, 1.165) is 24.3 Å². The number of rotatable bonds is 4. The van der Waals surface area contributed by atoms with Crippen LogP contribution in [0.4, 0.5) is 0 Å². The van der Waals surface area contributed by atoms with Gasteiger partial charge in [-0.3, -0.25) is 4.79 Å². The highest BCUT2D eigenvalue weighted by molar-refractivity contribution is 6.30. The van der Waals surface area contributed by atoms with E-state index >= 15 is 0 Å². The Morgan fingerprint density at radius 3 is 2.78 bits per heavy atom. The van der Waals surface area contributed by atoms with Gasteiger partial charge in [-0.2, -0.15) is 0 Å². The number of amides is 1. The summed E-state index contributed by atoms with van der Waals surface area (Å²) in [5, 5.41) is 3.79. The van der Waals surface area contributed by atoms with Gasteiger partial charge in [0.1, 0.15) is 0 Å². The lowest BCUT2D eigenvalue weighted by Crippen LogP contribution is -2.33. The lowest BCUT2D eigenvalue weighted by molar-refractivity contribution is -0.125. The Hall–Kier alpha value is -1.02. The maximum absolute atomic E-state index is 11.9. The SMILES string of the molecule is O=C(NCCc1cccc(Cl)c1)C1CCCCC1. The number of hydrogen-bond acceptors (Lipinski definition) is 1. The highest BCUT2D eigenvalue weighted by Crippen LogP contribution is 2.23. The predicted octanol–water partition coefficient (Wildman–Crippen LogP) is 3.58. The molecule has 1 aromatic carbocycles. The Kier molecular flexibility index (Phi) is 5.06. The van der Waals surface area contributed by atoms with Crippen LogP contribution in [0, 0.1) is 5.92 Å². The number of benzene rings is 1. The molecule has 2 nitrogen and oxygen atoms in total. The molecule has 1 N–H and O–H groups in total. The van der Waals surface area contributed by atoms with E-state index in [0.29, 0.717) is 6.54 Å². The molecule has 18 heavy (non-hydrogen) atoms. The molecule has 1 saturated carbocycles. The first-order chi connectivity index (χ1) is 8.75. The fraction of sp³-hybridized carbons (Fsp3) is 0.533. The lowest BCUT2D eigenvalue weighted by atomic mass is 9.88.